The van der Waals surface area contributed by atoms with E-state index in [4.69, 9.17) is 4.74 Å². The number of hydrazine groups is 1. The van der Waals surface area contributed by atoms with E-state index in [1.807, 2.05) is 6.07 Å². The zero-order valence-corrected chi connectivity index (χ0v) is 20.4. The van der Waals surface area contributed by atoms with Crippen molar-refractivity contribution < 1.29 is 27.5 Å². The molecule has 0 unspecified atom stereocenters. The van der Waals surface area contributed by atoms with E-state index in [9.17, 15) is 22.8 Å². The van der Waals surface area contributed by atoms with Crippen LogP contribution in [0.15, 0.2) is 36.5 Å². The third kappa shape index (κ3) is 5.30. The van der Waals surface area contributed by atoms with E-state index in [-0.39, 0.29) is 38.0 Å². The Hall–Kier alpha value is -3.60. The molecule has 2 aromatic carbocycles. The van der Waals surface area contributed by atoms with Gasteiger partial charge in [-0.05, 0) is 43.2 Å². The minimum absolute atomic E-state index is 0.151. The molecule has 192 valence electrons. The number of carbonyl (C=O) groups is 2. The summed E-state index contributed by atoms with van der Waals surface area (Å²) < 4.78 is 46.4. The molecule has 0 saturated heterocycles. The van der Waals surface area contributed by atoms with Gasteiger partial charge in [0.15, 0.2) is 0 Å². The SMILES string of the molecule is CCOC(=O)CN(CC(=O)N(C)N1Cc2cccc(F)c2C1)c1cc2cnn(CC(F)F)c2cc1C. The molecule has 0 spiro atoms. The topological polar surface area (TPSA) is 70.9 Å². The number of ether oxygens (including phenoxy) is 1. The molecule has 1 aliphatic heterocycles. The van der Waals surface area contributed by atoms with Gasteiger partial charge in [0.05, 0.1) is 24.9 Å². The molecule has 0 aliphatic carbocycles. The number of carbonyl (C=O) groups excluding carboxylic acids is 2. The smallest absolute Gasteiger partial charge is 0.325 e. The van der Waals surface area contributed by atoms with Gasteiger partial charge in [-0.1, -0.05) is 12.1 Å². The van der Waals surface area contributed by atoms with Gasteiger partial charge in [0.1, 0.15) is 18.9 Å². The molecule has 0 radical (unpaired) electrons. The number of amides is 1. The molecular weight excluding hydrogens is 475 g/mol. The number of nitrogens with zero attached hydrogens (tertiary/aromatic N) is 5. The molecular formula is C25H28F3N5O3. The molecule has 8 nitrogen and oxygen atoms in total. The van der Waals surface area contributed by atoms with Gasteiger partial charge in [0, 0.05) is 36.8 Å². The lowest BCUT2D eigenvalue weighted by Gasteiger charge is -2.31. The summed E-state index contributed by atoms with van der Waals surface area (Å²) in [6.45, 7) is 3.45. The Kier molecular flexibility index (Phi) is 7.48. The Balaban J connectivity index is 1.58. The average Bonchev–Trinajstić information content (AvgIpc) is 3.42. The van der Waals surface area contributed by atoms with E-state index in [2.05, 4.69) is 5.10 Å². The standard InChI is InChI=1S/C25H28F3N5O3/c1-4-36-25(35)15-31(21-9-18-10-29-33(13-23(27)28)22(18)8-16(21)2)14-24(34)30(3)32-11-17-6-5-7-20(26)19(17)12-32/h5-10,23H,4,11-15H2,1-3H3. The molecule has 0 N–H and O–H groups in total. The van der Waals surface area contributed by atoms with Gasteiger partial charge in [-0.2, -0.15) is 5.10 Å². The van der Waals surface area contributed by atoms with Crippen molar-refractivity contribution in [3.8, 4) is 0 Å². The molecule has 1 aromatic heterocycles. The number of fused-ring (bicyclic) bond motifs is 2. The zero-order valence-electron chi connectivity index (χ0n) is 20.4. The van der Waals surface area contributed by atoms with E-state index in [0.29, 0.717) is 34.3 Å². The minimum Gasteiger partial charge on any atom is -0.465 e. The Bertz CT molecular complexity index is 1280. The number of anilines is 1. The van der Waals surface area contributed by atoms with Crippen LogP contribution in [0.25, 0.3) is 10.9 Å². The Morgan fingerprint density at radius 2 is 1.97 bits per heavy atom. The zero-order chi connectivity index (χ0) is 26.0. The van der Waals surface area contributed by atoms with Gasteiger partial charge in [0.25, 0.3) is 12.3 Å². The summed E-state index contributed by atoms with van der Waals surface area (Å²) in [7, 11) is 1.61. The summed E-state index contributed by atoms with van der Waals surface area (Å²) >= 11 is 0. The fourth-order valence-corrected chi connectivity index (χ4v) is 4.42. The monoisotopic (exact) mass is 503 g/mol. The number of aryl methyl sites for hydroxylation is 1. The number of hydrogen-bond acceptors (Lipinski definition) is 6. The minimum atomic E-state index is -2.55. The lowest BCUT2D eigenvalue weighted by molar-refractivity contribution is -0.145. The van der Waals surface area contributed by atoms with Crippen molar-refractivity contribution in [2.75, 3.05) is 31.6 Å². The summed E-state index contributed by atoms with van der Waals surface area (Å²) in [6.07, 6.45) is -1.07. The lowest BCUT2D eigenvalue weighted by atomic mass is 10.1. The van der Waals surface area contributed by atoms with Crippen molar-refractivity contribution in [3.63, 3.8) is 0 Å². The van der Waals surface area contributed by atoms with Crippen molar-refractivity contribution in [2.24, 2.45) is 0 Å². The molecule has 1 amide bonds. The Morgan fingerprint density at radius 1 is 1.19 bits per heavy atom. The molecule has 4 rings (SSSR count). The number of hydrogen-bond donors (Lipinski definition) is 0. The van der Waals surface area contributed by atoms with Crippen molar-refractivity contribution in [1.29, 1.82) is 0 Å². The van der Waals surface area contributed by atoms with Crippen molar-refractivity contribution in [3.05, 3.63) is 59.0 Å². The second kappa shape index (κ2) is 10.6. The van der Waals surface area contributed by atoms with E-state index < -0.39 is 18.9 Å². The van der Waals surface area contributed by atoms with Crippen LogP contribution in [0.4, 0.5) is 18.9 Å². The highest BCUT2D eigenvalue weighted by atomic mass is 19.3. The maximum absolute atomic E-state index is 14.2. The van der Waals surface area contributed by atoms with Crippen LogP contribution < -0.4 is 4.90 Å². The third-order valence-electron chi connectivity index (χ3n) is 6.26. The molecule has 11 heteroatoms. The Morgan fingerprint density at radius 3 is 2.67 bits per heavy atom. The average molecular weight is 504 g/mol. The third-order valence-corrected chi connectivity index (χ3v) is 6.26. The van der Waals surface area contributed by atoms with Crippen LogP contribution in [-0.4, -0.2) is 64.8 Å². The second-order valence-corrected chi connectivity index (χ2v) is 8.69. The van der Waals surface area contributed by atoms with Crippen molar-refractivity contribution in [1.82, 2.24) is 19.8 Å². The molecule has 0 bridgehead atoms. The number of likely N-dealkylation sites (N-methyl/N-ethyl adjacent to an activating group) is 1. The second-order valence-electron chi connectivity index (χ2n) is 8.69. The van der Waals surface area contributed by atoms with Gasteiger partial charge >= 0.3 is 5.97 Å². The number of benzene rings is 2. The highest BCUT2D eigenvalue weighted by Gasteiger charge is 2.29. The summed E-state index contributed by atoms with van der Waals surface area (Å²) in [5.41, 5.74) is 3.19. The maximum Gasteiger partial charge on any atom is 0.325 e. The van der Waals surface area contributed by atoms with E-state index in [1.54, 1.807) is 49.0 Å². The number of esters is 1. The highest BCUT2D eigenvalue weighted by Crippen LogP contribution is 2.29. The normalized spacial score (nSPS) is 13.3. The Labute approximate surface area is 206 Å². The van der Waals surface area contributed by atoms with Gasteiger partial charge in [0.2, 0.25) is 0 Å². The fraction of sp³-hybridized carbons (Fsp3) is 0.400. The van der Waals surface area contributed by atoms with Crippen LogP contribution in [0, 0.1) is 12.7 Å². The van der Waals surface area contributed by atoms with Gasteiger partial charge in [-0.25, -0.2) is 18.2 Å². The number of alkyl halides is 2. The summed E-state index contributed by atoms with van der Waals surface area (Å²) in [5, 5.41) is 7.83. The molecule has 2 heterocycles. The first-order valence-electron chi connectivity index (χ1n) is 11.6. The van der Waals surface area contributed by atoms with Gasteiger partial charge < -0.3 is 9.64 Å². The van der Waals surface area contributed by atoms with Gasteiger partial charge in [-0.3, -0.25) is 19.3 Å². The summed E-state index contributed by atoms with van der Waals surface area (Å²) in [6, 6.07) is 8.31. The van der Waals surface area contributed by atoms with E-state index >= 15 is 0 Å². The molecule has 3 aromatic rings. The first kappa shape index (κ1) is 25.5. The highest BCUT2D eigenvalue weighted by molar-refractivity contribution is 5.89. The number of halogens is 3. The van der Waals surface area contributed by atoms with Crippen LogP contribution >= 0.6 is 0 Å². The van der Waals surface area contributed by atoms with Crippen LogP contribution in [-0.2, 0) is 34.0 Å². The first-order chi connectivity index (χ1) is 17.2. The first-order valence-corrected chi connectivity index (χ1v) is 11.6. The van der Waals surface area contributed by atoms with Gasteiger partial charge in [-0.15, -0.1) is 0 Å². The molecule has 0 fully saturated rings. The van der Waals surface area contributed by atoms with Crippen LogP contribution in [0.5, 0.6) is 0 Å². The van der Waals surface area contributed by atoms with Crippen molar-refractivity contribution >= 4 is 28.5 Å². The molecule has 36 heavy (non-hydrogen) atoms. The molecule has 1 aliphatic rings. The van der Waals surface area contributed by atoms with Crippen LogP contribution in [0.2, 0.25) is 0 Å². The van der Waals surface area contributed by atoms with E-state index in [0.717, 1.165) is 5.56 Å². The van der Waals surface area contributed by atoms with Crippen LogP contribution in [0.1, 0.15) is 23.6 Å². The number of aromatic nitrogens is 2. The predicted octanol–water partition coefficient (Wildman–Crippen LogP) is 3.51. The summed E-state index contributed by atoms with van der Waals surface area (Å²) in [5.74, 6) is -1.12. The largest absolute Gasteiger partial charge is 0.465 e. The fourth-order valence-electron chi connectivity index (χ4n) is 4.42. The van der Waals surface area contributed by atoms with E-state index in [1.165, 1.54) is 22.0 Å². The lowest BCUT2D eigenvalue weighted by Crippen LogP contribution is -2.47. The predicted molar refractivity (Wildman–Crippen MR) is 128 cm³/mol. The van der Waals surface area contributed by atoms with Crippen molar-refractivity contribution in [2.45, 2.75) is 39.9 Å². The maximum atomic E-state index is 14.2. The van der Waals surface area contributed by atoms with Crippen LogP contribution in [0.3, 0.4) is 0 Å². The number of rotatable bonds is 9. The summed E-state index contributed by atoms with van der Waals surface area (Å²) in [4.78, 5) is 27.3. The quantitative estimate of drug-likeness (QED) is 0.417. The molecule has 0 saturated carbocycles. The molecule has 0 atom stereocenters.